The molecule has 4 unspecified atom stereocenters. The van der Waals surface area contributed by atoms with Crippen molar-refractivity contribution in [1.29, 1.82) is 0 Å². The summed E-state index contributed by atoms with van der Waals surface area (Å²) in [5.74, 6) is -2.15. The zero-order chi connectivity index (χ0) is 26.9. The van der Waals surface area contributed by atoms with Crippen LogP contribution in [-0.4, -0.2) is 46.5 Å². The number of ether oxygens (including phenoxy) is 1. The zero-order valence-electron chi connectivity index (χ0n) is 21.5. The first-order valence-corrected chi connectivity index (χ1v) is 14.4. The molecule has 1 aromatic rings. The summed E-state index contributed by atoms with van der Waals surface area (Å²) in [5, 5.41) is 10.5. The zero-order valence-corrected chi connectivity index (χ0v) is 23.6. The number of ketones is 2. The predicted molar refractivity (Wildman–Crippen MR) is 147 cm³/mol. The van der Waals surface area contributed by atoms with Crippen LogP contribution in [0.1, 0.15) is 63.4 Å². The van der Waals surface area contributed by atoms with Crippen LogP contribution in [0.5, 0.6) is 11.5 Å². The molecule has 2 amide bonds. The van der Waals surface area contributed by atoms with Crippen LogP contribution in [-0.2, 0) is 19.2 Å². The molecule has 0 aromatic heterocycles. The van der Waals surface area contributed by atoms with Crippen LogP contribution in [0.3, 0.4) is 0 Å². The summed E-state index contributed by atoms with van der Waals surface area (Å²) < 4.78 is 5.98. The molecule has 1 saturated heterocycles. The lowest BCUT2D eigenvalue weighted by Gasteiger charge is -2.42. The molecule has 38 heavy (non-hydrogen) atoms. The molecule has 1 aliphatic heterocycles. The number of phenolic OH excluding ortho intramolecular Hbond substituents is 1. The Hall–Kier alpha value is -2.75. The van der Waals surface area contributed by atoms with E-state index in [1.165, 1.54) is 13.2 Å². The average Bonchev–Trinajstić information content (AvgIpc) is 3.17. The van der Waals surface area contributed by atoms with Crippen molar-refractivity contribution in [1.82, 2.24) is 4.90 Å². The van der Waals surface area contributed by atoms with E-state index in [2.05, 4.69) is 0 Å². The van der Waals surface area contributed by atoms with Gasteiger partial charge in [-0.15, -0.1) is 0 Å². The van der Waals surface area contributed by atoms with Crippen LogP contribution in [0.2, 0.25) is 0 Å². The normalized spacial score (nSPS) is 29.6. The second kappa shape index (κ2) is 9.47. The fourth-order valence-electron chi connectivity index (χ4n) is 7.38. The number of hydrogen-bond donors (Lipinski definition) is 1. The van der Waals surface area contributed by atoms with Gasteiger partial charge in [-0.25, -0.2) is 0 Å². The standard InChI is InChI=1S/C30H30INO6/c1-14-10-22(33)20-13-19-17(24(26(20)27(14)34)15-11-21(31)28(35)23(12-15)38-2)8-9-18-25(19)30(37)32(29(18)36)16-6-4-3-5-7-16/h8,10-12,16,18-19,24-25,35H,3-7,9,13H2,1-2H3. The van der Waals surface area contributed by atoms with Crippen molar-refractivity contribution >= 4 is 46.0 Å². The van der Waals surface area contributed by atoms with Crippen LogP contribution in [0, 0.1) is 21.3 Å². The third kappa shape index (κ3) is 3.73. The summed E-state index contributed by atoms with van der Waals surface area (Å²) in [6.45, 7) is 1.65. The smallest absolute Gasteiger partial charge is 0.233 e. The fourth-order valence-corrected chi connectivity index (χ4v) is 8.01. The average molecular weight is 627 g/mol. The molecule has 2 fully saturated rings. The van der Waals surface area contributed by atoms with Gasteiger partial charge >= 0.3 is 0 Å². The van der Waals surface area contributed by atoms with Crippen molar-refractivity contribution in [2.75, 3.05) is 7.11 Å². The predicted octanol–water partition coefficient (Wildman–Crippen LogP) is 4.77. The van der Waals surface area contributed by atoms with Crippen LogP contribution >= 0.6 is 22.6 Å². The van der Waals surface area contributed by atoms with E-state index in [9.17, 15) is 24.3 Å². The Bertz CT molecular complexity index is 1380. The van der Waals surface area contributed by atoms with Gasteiger partial charge in [-0.3, -0.25) is 24.1 Å². The number of halogens is 1. The Morgan fingerprint density at radius 1 is 1.03 bits per heavy atom. The van der Waals surface area contributed by atoms with E-state index in [-0.39, 0.29) is 53.3 Å². The number of rotatable bonds is 3. The lowest BCUT2D eigenvalue weighted by molar-refractivity contribution is -0.143. The van der Waals surface area contributed by atoms with Crippen LogP contribution < -0.4 is 4.74 Å². The molecule has 4 atom stereocenters. The molecule has 1 aromatic carbocycles. The van der Waals surface area contributed by atoms with Gasteiger partial charge in [0.05, 0.1) is 22.5 Å². The lowest BCUT2D eigenvalue weighted by Crippen LogP contribution is -2.43. The number of benzene rings is 1. The maximum absolute atomic E-state index is 13.9. The number of nitrogens with zero attached hydrogens (tertiary/aromatic N) is 1. The molecular formula is C30H30INO6. The number of hydrogen-bond acceptors (Lipinski definition) is 6. The van der Waals surface area contributed by atoms with E-state index < -0.39 is 17.8 Å². The second-order valence-corrected chi connectivity index (χ2v) is 12.3. The van der Waals surface area contributed by atoms with Gasteiger partial charge in [0.2, 0.25) is 11.8 Å². The SMILES string of the molecule is COc1cc(C2C3=CCC4C(=O)N(C5CCCCC5)C(=O)C4C3CC3=C2C(=O)C(C)=CC3=O)cc(I)c1O. The van der Waals surface area contributed by atoms with E-state index in [4.69, 9.17) is 4.74 Å². The molecule has 1 heterocycles. The van der Waals surface area contributed by atoms with Crippen molar-refractivity contribution in [2.45, 2.75) is 63.8 Å². The maximum Gasteiger partial charge on any atom is 0.233 e. The first-order valence-electron chi connectivity index (χ1n) is 13.4. The Labute approximate surface area is 235 Å². The van der Waals surface area contributed by atoms with Gasteiger partial charge in [0.1, 0.15) is 0 Å². The van der Waals surface area contributed by atoms with E-state index in [0.717, 1.165) is 43.2 Å². The van der Waals surface area contributed by atoms with Crippen molar-refractivity contribution in [2.24, 2.45) is 17.8 Å². The highest BCUT2D eigenvalue weighted by Crippen LogP contribution is 2.56. The number of phenols is 1. The van der Waals surface area contributed by atoms with Crippen molar-refractivity contribution in [3.63, 3.8) is 0 Å². The highest BCUT2D eigenvalue weighted by Gasteiger charge is 2.57. The van der Waals surface area contributed by atoms with Gasteiger partial charge in [0.15, 0.2) is 23.1 Å². The number of likely N-dealkylation sites (tertiary alicyclic amines) is 1. The Kier molecular flexibility index (Phi) is 6.36. The topological polar surface area (TPSA) is 101 Å². The van der Waals surface area contributed by atoms with Gasteiger partial charge < -0.3 is 9.84 Å². The van der Waals surface area contributed by atoms with Gasteiger partial charge in [0.25, 0.3) is 0 Å². The molecule has 8 heteroatoms. The molecule has 6 rings (SSSR count). The number of fused-ring (bicyclic) bond motifs is 3. The van der Waals surface area contributed by atoms with Crippen molar-refractivity contribution < 1.29 is 29.0 Å². The molecule has 1 saturated carbocycles. The number of Topliss-reactive ketones (excluding diaryl/α,β-unsaturated/α-hetero) is 1. The van der Waals surface area contributed by atoms with Crippen LogP contribution in [0.4, 0.5) is 0 Å². The summed E-state index contributed by atoms with van der Waals surface area (Å²) >= 11 is 2.03. The maximum atomic E-state index is 13.9. The van der Waals surface area contributed by atoms with Gasteiger partial charge in [-0.05, 0) is 84.9 Å². The number of imide groups is 1. The highest BCUT2D eigenvalue weighted by molar-refractivity contribution is 14.1. The summed E-state index contributed by atoms with van der Waals surface area (Å²) in [7, 11) is 1.47. The highest BCUT2D eigenvalue weighted by atomic mass is 127. The monoisotopic (exact) mass is 627 g/mol. The number of aromatic hydroxyl groups is 1. The summed E-state index contributed by atoms with van der Waals surface area (Å²) in [5.41, 5.74) is 2.91. The van der Waals surface area contributed by atoms with E-state index in [0.29, 0.717) is 26.7 Å². The molecule has 4 aliphatic carbocycles. The molecule has 1 N–H and O–H groups in total. The summed E-state index contributed by atoms with van der Waals surface area (Å²) in [6, 6.07) is 3.48. The molecular weight excluding hydrogens is 597 g/mol. The van der Waals surface area contributed by atoms with E-state index in [1.807, 2.05) is 34.7 Å². The van der Waals surface area contributed by atoms with Gasteiger partial charge in [0, 0.05) is 28.7 Å². The molecule has 0 spiro atoms. The summed E-state index contributed by atoms with van der Waals surface area (Å²) in [4.78, 5) is 55.9. The minimum atomic E-state index is -0.556. The van der Waals surface area contributed by atoms with Crippen molar-refractivity contribution in [3.8, 4) is 11.5 Å². The van der Waals surface area contributed by atoms with Crippen LogP contribution in [0.25, 0.3) is 0 Å². The van der Waals surface area contributed by atoms with Gasteiger partial charge in [-0.1, -0.05) is 30.9 Å². The first kappa shape index (κ1) is 25.5. The third-order valence-corrected chi connectivity index (χ3v) is 9.96. The Balaban J connectivity index is 1.49. The molecule has 198 valence electrons. The number of allylic oxidation sites excluding steroid dienone is 6. The third-order valence-electron chi connectivity index (χ3n) is 9.14. The number of carbonyl (C=O) groups is 4. The first-order chi connectivity index (χ1) is 18.2. The van der Waals surface area contributed by atoms with E-state index >= 15 is 0 Å². The Morgan fingerprint density at radius 3 is 2.47 bits per heavy atom. The lowest BCUT2D eigenvalue weighted by atomic mass is 9.59. The molecule has 0 bridgehead atoms. The van der Waals surface area contributed by atoms with Gasteiger partial charge in [-0.2, -0.15) is 0 Å². The minimum absolute atomic E-state index is 0.0120. The van der Waals surface area contributed by atoms with Crippen LogP contribution in [0.15, 0.2) is 46.6 Å². The molecule has 7 nitrogen and oxygen atoms in total. The molecule has 5 aliphatic rings. The fraction of sp³-hybridized carbons (Fsp3) is 0.467. The second-order valence-electron chi connectivity index (χ2n) is 11.1. The minimum Gasteiger partial charge on any atom is -0.504 e. The summed E-state index contributed by atoms with van der Waals surface area (Å²) in [6.07, 6.45) is 9.01. The van der Waals surface area contributed by atoms with E-state index in [1.54, 1.807) is 17.9 Å². The Morgan fingerprint density at radius 2 is 1.76 bits per heavy atom. The number of methoxy groups -OCH3 is 1. The largest absolute Gasteiger partial charge is 0.504 e. The number of amides is 2. The molecule has 0 radical (unpaired) electrons. The number of carbonyl (C=O) groups excluding carboxylic acids is 4. The quantitative estimate of drug-likeness (QED) is 0.225. The van der Waals surface area contributed by atoms with Crippen molar-refractivity contribution in [3.05, 3.63) is 55.7 Å².